The molecular formula is C12H15BrO2S. The lowest BCUT2D eigenvalue weighted by atomic mass is 10.2. The van der Waals surface area contributed by atoms with Gasteiger partial charge in [-0.2, -0.15) is 0 Å². The molecule has 0 aromatic heterocycles. The molecule has 0 radical (unpaired) electrons. The molecule has 0 spiro atoms. The fourth-order valence-corrected chi connectivity index (χ4v) is 3.07. The molecule has 1 rings (SSSR count). The second-order valence-electron chi connectivity index (χ2n) is 3.84. The van der Waals surface area contributed by atoms with Crippen molar-refractivity contribution in [1.82, 2.24) is 0 Å². The van der Waals surface area contributed by atoms with Crippen molar-refractivity contribution in [2.24, 2.45) is 5.92 Å². The summed E-state index contributed by atoms with van der Waals surface area (Å²) in [5, 5.41) is 0. The van der Waals surface area contributed by atoms with Crippen LogP contribution in [0.4, 0.5) is 0 Å². The number of rotatable bonds is 4. The summed E-state index contributed by atoms with van der Waals surface area (Å²) in [7, 11) is -3.30. The van der Waals surface area contributed by atoms with Gasteiger partial charge < -0.3 is 0 Å². The fourth-order valence-electron chi connectivity index (χ4n) is 1.15. The van der Waals surface area contributed by atoms with E-state index in [1.54, 1.807) is 36.4 Å². The SMILES string of the molecule is CC(C)C=CC(Br)S(=O)(=O)c1ccccc1. The number of allylic oxidation sites excluding steroid dienone is 1. The van der Waals surface area contributed by atoms with Gasteiger partial charge in [0.15, 0.2) is 9.84 Å². The highest BCUT2D eigenvalue weighted by Crippen LogP contribution is 2.21. The summed E-state index contributed by atoms with van der Waals surface area (Å²) in [6.07, 6.45) is 3.55. The zero-order valence-electron chi connectivity index (χ0n) is 9.30. The Morgan fingerprint density at radius 1 is 1.12 bits per heavy atom. The van der Waals surface area contributed by atoms with Crippen molar-refractivity contribution < 1.29 is 8.42 Å². The highest BCUT2D eigenvalue weighted by molar-refractivity contribution is 9.11. The summed E-state index contributed by atoms with van der Waals surface area (Å²) in [6.45, 7) is 4.01. The van der Waals surface area contributed by atoms with Crippen LogP contribution in [0.25, 0.3) is 0 Å². The molecule has 1 atom stereocenters. The lowest BCUT2D eigenvalue weighted by Gasteiger charge is -2.07. The molecule has 0 bridgehead atoms. The summed E-state index contributed by atoms with van der Waals surface area (Å²) in [6, 6.07) is 8.45. The summed E-state index contributed by atoms with van der Waals surface area (Å²) in [5.74, 6) is 0.339. The van der Waals surface area contributed by atoms with Crippen molar-refractivity contribution in [3.63, 3.8) is 0 Å². The molecule has 4 heteroatoms. The minimum absolute atomic E-state index is 0.338. The highest BCUT2D eigenvalue weighted by atomic mass is 79.9. The van der Waals surface area contributed by atoms with Gasteiger partial charge in [0.25, 0.3) is 0 Å². The molecule has 16 heavy (non-hydrogen) atoms. The van der Waals surface area contributed by atoms with E-state index in [0.717, 1.165) is 0 Å². The Balaban J connectivity index is 2.95. The predicted molar refractivity (Wildman–Crippen MR) is 70.3 cm³/mol. The number of halogens is 1. The van der Waals surface area contributed by atoms with Crippen LogP contribution in [0.1, 0.15) is 13.8 Å². The Hall–Kier alpha value is -0.610. The van der Waals surface area contributed by atoms with E-state index in [-0.39, 0.29) is 0 Å². The number of sulfone groups is 1. The molecule has 0 aliphatic rings. The van der Waals surface area contributed by atoms with Gasteiger partial charge in [0, 0.05) is 0 Å². The normalized spacial score (nSPS) is 14.5. The van der Waals surface area contributed by atoms with E-state index in [9.17, 15) is 8.42 Å². The van der Waals surface area contributed by atoms with E-state index in [0.29, 0.717) is 10.8 Å². The molecule has 88 valence electrons. The van der Waals surface area contributed by atoms with Gasteiger partial charge in [-0.05, 0) is 18.1 Å². The first-order valence-corrected chi connectivity index (χ1v) is 7.52. The number of benzene rings is 1. The maximum absolute atomic E-state index is 12.0. The standard InChI is InChI=1S/C12H15BrO2S/c1-10(2)8-9-12(13)16(14,15)11-6-4-3-5-7-11/h3-10,12H,1-2H3. The van der Waals surface area contributed by atoms with E-state index < -0.39 is 14.0 Å². The molecule has 0 N–H and O–H groups in total. The predicted octanol–water partition coefficient (Wildman–Crippen LogP) is 3.39. The third kappa shape index (κ3) is 3.46. The van der Waals surface area contributed by atoms with Gasteiger partial charge in [0.1, 0.15) is 4.16 Å². The second kappa shape index (κ2) is 5.64. The maximum Gasteiger partial charge on any atom is 0.194 e. The fraction of sp³-hybridized carbons (Fsp3) is 0.333. The van der Waals surface area contributed by atoms with Crippen LogP contribution in [0, 0.1) is 5.92 Å². The highest BCUT2D eigenvalue weighted by Gasteiger charge is 2.21. The van der Waals surface area contributed by atoms with Crippen LogP contribution >= 0.6 is 15.9 Å². The molecule has 0 heterocycles. The van der Waals surface area contributed by atoms with E-state index in [2.05, 4.69) is 15.9 Å². The van der Waals surface area contributed by atoms with Crippen LogP contribution in [0.15, 0.2) is 47.4 Å². The monoisotopic (exact) mass is 302 g/mol. The lowest BCUT2D eigenvalue weighted by molar-refractivity contribution is 0.597. The zero-order valence-corrected chi connectivity index (χ0v) is 11.7. The Morgan fingerprint density at radius 3 is 2.19 bits per heavy atom. The Labute approximate surface area is 105 Å². The van der Waals surface area contributed by atoms with Crippen LogP contribution < -0.4 is 0 Å². The van der Waals surface area contributed by atoms with Crippen molar-refractivity contribution in [3.05, 3.63) is 42.5 Å². The molecule has 0 amide bonds. The van der Waals surface area contributed by atoms with Gasteiger partial charge in [-0.1, -0.05) is 60.1 Å². The largest absolute Gasteiger partial charge is 0.222 e. The molecular weight excluding hydrogens is 288 g/mol. The van der Waals surface area contributed by atoms with Crippen molar-refractivity contribution in [3.8, 4) is 0 Å². The summed E-state index contributed by atoms with van der Waals surface area (Å²) >= 11 is 3.19. The van der Waals surface area contributed by atoms with Crippen molar-refractivity contribution in [2.75, 3.05) is 0 Å². The molecule has 0 fully saturated rings. The topological polar surface area (TPSA) is 34.1 Å². The van der Waals surface area contributed by atoms with Crippen LogP contribution in [0.5, 0.6) is 0 Å². The van der Waals surface area contributed by atoms with Crippen molar-refractivity contribution in [2.45, 2.75) is 22.9 Å². The number of hydrogen-bond acceptors (Lipinski definition) is 2. The zero-order chi connectivity index (χ0) is 12.2. The minimum Gasteiger partial charge on any atom is -0.222 e. The summed E-state index contributed by atoms with van der Waals surface area (Å²) in [5.41, 5.74) is 0. The maximum atomic E-state index is 12.0. The third-order valence-corrected chi connectivity index (χ3v) is 5.48. The third-order valence-electron chi connectivity index (χ3n) is 2.02. The van der Waals surface area contributed by atoms with E-state index >= 15 is 0 Å². The van der Waals surface area contributed by atoms with Crippen LogP contribution in [0.3, 0.4) is 0 Å². The van der Waals surface area contributed by atoms with Crippen molar-refractivity contribution in [1.29, 1.82) is 0 Å². The van der Waals surface area contributed by atoms with Crippen LogP contribution in [-0.4, -0.2) is 12.6 Å². The van der Waals surface area contributed by atoms with Crippen LogP contribution in [0.2, 0.25) is 0 Å². The van der Waals surface area contributed by atoms with Gasteiger partial charge in [-0.25, -0.2) is 8.42 Å². The Kier molecular flexibility index (Phi) is 4.74. The van der Waals surface area contributed by atoms with Crippen LogP contribution in [-0.2, 0) is 9.84 Å². The number of hydrogen-bond donors (Lipinski definition) is 0. The molecule has 1 unspecified atom stereocenters. The average Bonchev–Trinajstić information content (AvgIpc) is 2.27. The van der Waals surface area contributed by atoms with Gasteiger partial charge in [-0.3, -0.25) is 0 Å². The van der Waals surface area contributed by atoms with Crippen molar-refractivity contribution >= 4 is 25.8 Å². The number of alkyl halides is 1. The quantitative estimate of drug-likeness (QED) is 0.631. The first-order chi connectivity index (χ1) is 7.44. The molecule has 1 aromatic rings. The average molecular weight is 303 g/mol. The summed E-state index contributed by atoms with van der Waals surface area (Å²) in [4.78, 5) is 0.338. The molecule has 2 nitrogen and oxygen atoms in total. The van der Waals surface area contributed by atoms with Gasteiger partial charge in [0.05, 0.1) is 4.90 Å². The van der Waals surface area contributed by atoms with E-state index in [1.807, 2.05) is 19.9 Å². The first-order valence-electron chi connectivity index (χ1n) is 5.06. The minimum atomic E-state index is -3.30. The second-order valence-corrected chi connectivity index (χ2v) is 7.50. The van der Waals surface area contributed by atoms with Gasteiger partial charge >= 0.3 is 0 Å². The smallest absolute Gasteiger partial charge is 0.194 e. The lowest BCUT2D eigenvalue weighted by Crippen LogP contribution is -2.12. The van der Waals surface area contributed by atoms with E-state index in [1.165, 1.54) is 0 Å². The molecule has 1 aromatic carbocycles. The Bertz CT molecular complexity index is 449. The molecule has 0 saturated carbocycles. The molecule has 0 aliphatic heterocycles. The summed E-state index contributed by atoms with van der Waals surface area (Å²) < 4.78 is 23.4. The van der Waals surface area contributed by atoms with Gasteiger partial charge in [0.2, 0.25) is 0 Å². The first kappa shape index (κ1) is 13.5. The van der Waals surface area contributed by atoms with Gasteiger partial charge in [-0.15, -0.1) is 0 Å². The molecule has 0 aliphatic carbocycles. The molecule has 0 saturated heterocycles. The van der Waals surface area contributed by atoms with E-state index in [4.69, 9.17) is 0 Å². The Morgan fingerprint density at radius 2 is 1.69 bits per heavy atom.